The van der Waals surface area contributed by atoms with Crippen LogP contribution in [0.3, 0.4) is 0 Å². The van der Waals surface area contributed by atoms with Crippen molar-refractivity contribution in [3.63, 3.8) is 0 Å². The summed E-state index contributed by atoms with van der Waals surface area (Å²) in [6, 6.07) is 10.1. The highest BCUT2D eigenvalue weighted by Gasteiger charge is 2.24. The molecule has 0 saturated heterocycles. The third-order valence-electron chi connectivity index (χ3n) is 5.54. The third-order valence-corrected chi connectivity index (χ3v) is 5.78. The second-order valence-electron chi connectivity index (χ2n) is 7.88. The standard InChI is InChI=1S/C23H24ClFN6O/c24-15-5-3-4-13(8-15)14-9-16(12-28-11-14)29-22-17(21(27)32)10-18(25)23(31-22)30-20-7-2-1-6-19(20)26/h3-5,8-12,19-20H,1-2,6-7,26H2,(H2,27,32)(H2,29,30,31)/t19-,20+/m0/s1. The Kier molecular flexibility index (Phi) is 6.53. The molecule has 4 rings (SSSR count). The van der Waals surface area contributed by atoms with Crippen molar-refractivity contribution in [1.82, 2.24) is 9.97 Å². The first-order valence-corrected chi connectivity index (χ1v) is 10.8. The van der Waals surface area contributed by atoms with Crippen molar-refractivity contribution in [3.8, 4) is 11.1 Å². The zero-order valence-electron chi connectivity index (χ0n) is 17.3. The van der Waals surface area contributed by atoms with Crippen molar-refractivity contribution in [1.29, 1.82) is 0 Å². The summed E-state index contributed by atoms with van der Waals surface area (Å²) in [5.41, 5.74) is 13.8. The van der Waals surface area contributed by atoms with Gasteiger partial charge in [-0.25, -0.2) is 9.37 Å². The van der Waals surface area contributed by atoms with Crippen molar-refractivity contribution < 1.29 is 9.18 Å². The molecule has 0 bridgehead atoms. The van der Waals surface area contributed by atoms with E-state index in [9.17, 15) is 9.18 Å². The van der Waals surface area contributed by atoms with Crippen LogP contribution in [0.4, 0.5) is 21.7 Å². The molecular weight excluding hydrogens is 431 g/mol. The molecule has 0 unspecified atom stereocenters. The Morgan fingerprint density at radius 2 is 1.91 bits per heavy atom. The summed E-state index contributed by atoms with van der Waals surface area (Å²) < 4.78 is 14.7. The molecule has 2 heterocycles. The fourth-order valence-electron chi connectivity index (χ4n) is 3.86. The molecule has 0 radical (unpaired) electrons. The predicted molar refractivity (Wildman–Crippen MR) is 125 cm³/mol. The van der Waals surface area contributed by atoms with Crippen LogP contribution < -0.4 is 22.1 Å². The Balaban J connectivity index is 1.65. The van der Waals surface area contributed by atoms with Crippen molar-refractivity contribution in [2.75, 3.05) is 10.6 Å². The Hall–Kier alpha value is -3.23. The summed E-state index contributed by atoms with van der Waals surface area (Å²) in [4.78, 5) is 20.5. The molecule has 9 heteroatoms. The minimum atomic E-state index is -0.793. The van der Waals surface area contributed by atoms with Crippen molar-refractivity contribution >= 4 is 34.8 Å². The smallest absolute Gasteiger partial charge is 0.252 e. The molecule has 1 amide bonds. The van der Waals surface area contributed by atoms with E-state index in [2.05, 4.69) is 20.6 Å². The second kappa shape index (κ2) is 9.50. The highest BCUT2D eigenvalue weighted by atomic mass is 35.5. The van der Waals surface area contributed by atoms with Gasteiger partial charge in [0.15, 0.2) is 11.6 Å². The number of halogens is 2. The lowest BCUT2D eigenvalue weighted by atomic mass is 9.91. The Morgan fingerprint density at radius 3 is 2.66 bits per heavy atom. The monoisotopic (exact) mass is 454 g/mol. The van der Waals surface area contributed by atoms with Crippen LogP contribution in [0.15, 0.2) is 48.8 Å². The van der Waals surface area contributed by atoms with Crippen LogP contribution in [0.25, 0.3) is 11.1 Å². The maximum atomic E-state index is 14.7. The number of benzene rings is 1. The molecule has 1 fully saturated rings. The lowest BCUT2D eigenvalue weighted by Gasteiger charge is -2.30. The van der Waals surface area contributed by atoms with Gasteiger partial charge in [-0.3, -0.25) is 9.78 Å². The van der Waals surface area contributed by atoms with E-state index in [1.54, 1.807) is 18.5 Å². The van der Waals surface area contributed by atoms with E-state index in [0.29, 0.717) is 10.7 Å². The van der Waals surface area contributed by atoms with Gasteiger partial charge in [-0.05, 0) is 42.7 Å². The predicted octanol–water partition coefficient (Wildman–Crippen LogP) is 4.46. The molecular formula is C23H24ClFN6O. The van der Waals surface area contributed by atoms with E-state index >= 15 is 0 Å². The van der Waals surface area contributed by atoms with Crippen LogP contribution in [-0.2, 0) is 0 Å². The zero-order chi connectivity index (χ0) is 22.7. The highest BCUT2D eigenvalue weighted by Crippen LogP contribution is 2.29. The van der Waals surface area contributed by atoms with Gasteiger partial charge in [0.2, 0.25) is 0 Å². The van der Waals surface area contributed by atoms with Crippen LogP contribution >= 0.6 is 11.6 Å². The first-order valence-electron chi connectivity index (χ1n) is 10.4. The molecule has 2 aromatic heterocycles. The molecule has 32 heavy (non-hydrogen) atoms. The second-order valence-corrected chi connectivity index (χ2v) is 8.31. The van der Waals surface area contributed by atoms with Crippen molar-refractivity contribution in [3.05, 3.63) is 65.2 Å². The lowest BCUT2D eigenvalue weighted by Crippen LogP contribution is -2.43. The Bertz CT molecular complexity index is 1140. The largest absolute Gasteiger partial charge is 0.365 e. The van der Waals surface area contributed by atoms with Crippen LogP contribution in [0.1, 0.15) is 36.0 Å². The summed E-state index contributed by atoms with van der Waals surface area (Å²) in [5, 5.41) is 6.76. The Morgan fingerprint density at radius 1 is 1.09 bits per heavy atom. The molecule has 1 aliphatic carbocycles. The van der Waals surface area contributed by atoms with Gasteiger partial charge >= 0.3 is 0 Å². The summed E-state index contributed by atoms with van der Waals surface area (Å²) in [7, 11) is 0. The van der Waals surface area contributed by atoms with Gasteiger partial charge in [-0.15, -0.1) is 0 Å². The zero-order valence-corrected chi connectivity index (χ0v) is 18.1. The number of primary amides is 1. The number of rotatable bonds is 6. The van der Waals surface area contributed by atoms with E-state index in [1.807, 2.05) is 24.3 Å². The van der Waals surface area contributed by atoms with E-state index in [1.165, 1.54) is 0 Å². The number of nitrogens with zero attached hydrogens (tertiary/aromatic N) is 2. The maximum absolute atomic E-state index is 14.7. The fraction of sp³-hybridized carbons (Fsp3) is 0.261. The maximum Gasteiger partial charge on any atom is 0.252 e. The molecule has 7 nitrogen and oxygen atoms in total. The average Bonchev–Trinajstić information content (AvgIpc) is 2.77. The van der Waals surface area contributed by atoms with E-state index < -0.39 is 11.7 Å². The van der Waals surface area contributed by atoms with Gasteiger partial charge in [0.25, 0.3) is 5.91 Å². The van der Waals surface area contributed by atoms with E-state index in [-0.39, 0.29) is 29.3 Å². The number of anilines is 3. The number of carbonyl (C=O) groups excluding carboxylic acids is 1. The molecule has 0 aliphatic heterocycles. The quantitative estimate of drug-likeness (QED) is 0.436. The molecule has 2 atom stereocenters. The number of hydrogen-bond acceptors (Lipinski definition) is 6. The van der Waals surface area contributed by atoms with Gasteiger partial charge in [-0.2, -0.15) is 0 Å². The van der Waals surface area contributed by atoms with Crippen LogP contribution in [0, 0.1) is 5.82 Å². The number of hydrogen-bond donors (Lipinski definition) is 4. The van der Waals surface area contributed by atoms with Crippen molar-refractivity contribution in [2.45, 2.75) is 37.8 Å². The number of pyridine rings is 2. The molecule has 3 aromatic rings. The number of nitrogens with one attached hydrogen (secondary N) is 2. The van der Waals surface area contributed by atoms with Gasteiger partial charge < -0.3 is 22.1 Å². The number of aromatic nitrogens is 2. The van der Waals surface area contributed by atoms with Gasteiger partial charge in [0.05, 0.1) is 17.4 Å². The van der Waals surface area contributed by atoms with Crippen molar-refractivity contribution in [2.24, 2.45) is 11.5 Å². The summed E-state index contributed by atoms with van der Waals surface area (Å²) in [6.45, 7) is 0. The molecule has 1 aromatic carbocycles. The number of amides is 1. The number of carbonyl (C=O) groups is 1. The topological polar surface area (TPSA) is 119 Å². The lowest BCUT2D eigenvalue weighted by molar-refractivity contribution is 0.100. The van der Waals surface area contributed by atoms with E-state index in [0.717, 1.165) is 42.9 Å². The molecule has 1 saturated carbocycles. The molecule has 0 spiro atoms. The summed E-state index contributed by atoms with van der Waals surface area (Å²) in [6.07, 6.45) is 7.04. The van der Waals surface area contributed by atoms with Crippen LogP contribution in [0.5, 0.6) is 0 Å². The SMILES string of the molecule is NC(=O)c1cc(F)c(N[C@@H]2CCCC[C@@H]2N)nc1Nc1cncc(-c2cccc(Cl)c2)c1. The first-order chi connectivity index (χ1) is 15.4. The molecule has 1 aliphatic rings. The summed E-state index contributed by atoms with van der Waals surface area (Å²) >= 11 is 6.09. The Labute approximate surface area is 190 Å². The average molecular weight is 455 g/mol. The normalized spacial score (nSPS) is 18.2. The summed E-state index contributed by atoms with van der Waals surface area (Å²) in [5.74, 6) is -1.29. The van der Waals surface area contributed by atoms with Gasteiger partial charge in [-0.1, -0.05) is 36.6 Å². The van der Waals surface area contributed by atoms with E-state index in [4.69, 9.17) is 23.1 Å². The molecule has 6 N–H and O–H groups in total. The van der Waals surface area contributed by atoms with Crippen LogP contribution in [-0.4, -0.2) is 28.0 Å². The number of nitrogens with two attached hydrogens (primary N) is 2. The highest BCUT2D eigenvalue weighted by molar-refractivity contribution is 6.30. The minimum Gasteiger partial charge on any atom is -0.365 e. The molecule has 166 valence electrons. The fourth-order valence-corrected chi connectivity index (χ4v) is 4.05. The van der Waals surface area contributed by atoms with Gasteiger partial charge in [0.1, 0.15) is 5.82 Å². The van der Waals surface area contributed by atoms with Gasteiger partial charge in [0, 0.05) is 28.9 Å². The first kappa shape index (κ1) is 22.0. The van der Waals surface area contributed by atoms with Crippen LogP contribution in [0.2, 0.25) is 5.02 Å². The minimum absolute atomic E-state index is 0.0267. The third kappa shape index (κ3) is 4.98.